The van der Waals surface area contributed by atoms with E-state index in [2.05, 4.69) is 9.71 Å². The maximum Gasteiger partial charge on any atom is 0.261 e. The molecule has 1 aromatic heterocycles. The molecule has 1 aliphatic rings. The highest BCUT2D eigenvalue weighted by molar-refractivity contribution is 7.92. The number of hydrogen-bond acceptors (Lipinski definition) is 5. The molecule has 0 aliphatic carbocycles. The van der Waals surface area contributed by atoms with Gasteiger partial charge in [0.25, 0.3) is 15.9 Å². The second-order valence-corrected chi connectivity index (χ2v) is 9.57. The zero-order valence-electron chi connectivity index (χ0n) is 18.0. The van der Waals surface area contributed by atoms with Gasteiger partial charge in [0.15, 0.2) is 0 Å². The van der Waals surface area contributed by atoms with Crippen LogP contribution in [0.15, 0.2) is 71.9 Å². The number of aromatic nitrogens is 1. The second-order valence-electron chi connectivity index (χ2n) is 7.89. The Kier molecular flexibility index (Phi) is 6.14. The van der Waals surface area contributed by atoms with Crippen LogP contribution in [0, 0.1) is 0 Å². The van der Waals surface area contributed by atoms with Gasteiger partial charge < -0.3 is 9.64 Å². The minimum Gasteiger partial charge on any atom is -0.491 e. The Labute approximate surface area is 188 Å². The number of ether oxygens (including phenoxy) is 1. The summed E-state index contributed by atoms with van der Waals surface area (Å²) in [5, 5.41) is 0. The molecule has 4 rings (SSSR count). The fourth-order valence-electron chi connectivity index (χ4n) is 3.68. The Hall–Kier alpha value is -3.39. The Morgan fingerprint density at radius 1 is 1.12 bits per heavy atom. The van der Waals surface area contributed by atoms with Crippen molar-refractivity contribution >= 4 is 27.3 Å². The summed E-state index contributed by atoms with van der Waals surface area (Å²) in [5.74, 6) is 0.456. The fourth-order valence-corrected chi connectivity index (χ4v) is 4.73. The van der Waals surface area contributed by atoms with E-state index in [4.69, 9.17) is 4.74 Å². The number of nitrogens with one attached hydrogen (secondary N) is 1. The number of carbonyl (C=O) groups is 1. The standard InChI is InChI=1S/C24H25N3O4S/c1-17(2)31-21-9-11-22(12-10-21)32(29,30)26-20-8-7-18-6-4-14-27(23(18)15-20)24(28)19-5-3-13-25-16-19/h3,5,7-13,15-17,26H,4,6,14H2,1-2H3. The lowest BCUT2D eigenvalue weighted by molar-refractivity contribution is 0.0984. The summed E-state index contributed by atoms with van der Waals surface area (Å²) in [4.78, 5) is 18.9. The molecule has 0 saturated heterocycles. The van der Waals surface area contributed by atoms with Gasteiger partial charge in [0, 0.05) is 24.6 Å². The molecular formula is C24H25N3O4S. The summed E-state index contributed by atoms with van der Waals surface area (Å²) in [6, 6.07) is 15.1. The van der Waals surface area contributed by atoms with Gasteiger partial charge in [-0.1, -0.05) is 6.07 Å². The third kappa shape index (κ3) is 4.75. The molecule has 0 radical (unpaired) electrons. The third-order valence-corrected chi connectivity index (χ3v) is 6.51. The van der Waals surface area contributed by atoms with Crippen molar-refractivity contribution < 1.29 is 17.9 Å². The van der Waals surface area contributed by atoms with Gasteiger partial charge >= 0.3 is 0 Å². The SMILES string of the molecule is CC(C)Oc1ccc(S(=O)(=O)Nc2ccc3c(c2)N(C(=O)c2cccnc2)CCC3)cc1. The van der Waals surface area contributed by atoms with Crippen molar-refractivity contribution in [3.05, 3.63) is 78.1 Å². The summed E-state index contributed by atoms with van der Waals surface area (Å²) in [6.45, 7) is 4.38. The fraction of sp³-hybridized carbons (Fsp3) is 0.250. The Balaban J connectivity index is 1.58. The van der Waals surface area contributed by atoms with Crippen molar-refractivity contribution in [2.24, 2.45) is 0 Å². The van der Waals surface area contributed by atoms with Crippen LogP contribution in [0.4, 0.5) is 11.4 Å². The topological polar surface area (TPSA) is 88.6 Å². The molecule has 0 fully saturated rings. The molecular weight excluding hydrogens is 426 g/mol. The number of amides is 1. The van der Waals surface area contributed by atoms with E-state index >= 15 is 0 Å². The zero-order valence-corrected chi connectivity index (χ0v) is 18.8. The number of benzene rings is 2. The van der Waals surface area contributed by atoms with E-state index in [1.807, 2.05) is 19.9 Å². The lowest BCUT2D eigenvalue weighted by atomic mass is 10.0. The zero-order chi connectivity index (χ0) is 22.7. The van der Waals surface area contributed by atoms with Crippen molar-refractivity contribution in [2.45, 2.75) is 37.7 Å². The van der Waals surface area contributed by atoms with Crippen LogP contribution in [-0.4, -0.2) is 32.0 Å². The van der Waals surface area contributed by atoms with Crippen LogP contribution in [0.1, 0.15) is 36.2 Å². The maximum absolute atomic E-state index is 13.0. The van der Waals surface area contributed by atoms with E-state index in [1.165, 1.54) is 18.3 Å². The van der Waals surface area contributed by atoms with Crippen LogP contribution >= 0.6 is 0 Å². The van der Waals surface area contributed by atoms with Crippen molar-refractivity contribution in [3.63, 3.8) is 0 Å². The van der Waals surface area contributed by atoms with Gasteiger partial charge in [-0.3, -0.25) is 14.5 Å². The predicted molar refractivity (Wildman–Crippen MR) is 124 cm³/mol. The summed E-state index contributed by atoms with van der Waals surface area (Å²) in [5.41, 5.74) is 2.62. The quantitative estimate of drug-likeness (QED) is 0.605. The number of nitrogens with zero attached hydrogens (tertiary/aromatic N) is 2. The average molecular weight is 452 g/mol. The molecule has 32 heavy (non-hydrogen) atoms. The highest BCUT2D eigenvalue weighted by Crippen LogP contribution is 2.32. The number of pyridine rings is 1. The predicted octanol–water partition coefficient (Wildman–Crippen LogP) is 4.26. The molecule has 7 nitrogen and oxygen atoms in total. The molecule has 0 bridgehead atoms. The minimum absolute atomic E-state index is 0.00315. The number of sulfonamides is 1. The molecule has 8 heteroatoms. The Bertz CT molecular complexity index is 1210. The second kappa shape index (κ2) is 9.00. The van der Waals surface area contributed by atoms with E-state index in [9.17, 15) is 13.2 Å². The van der Waals surface area contributed by atoms with E-state index in [0.717, 1.165) is 18.4 Å². The number of anilines is 2. The molecule has 3 aromatic rings. The highest BCUT2D eigenvalue weighted by Gasteiger charge is 2.25. The molecule has 1 amide bonds. The highest BCUT2D eigenvalue weighted by atomic mass is 32.2. The summed E-state index contributed by atoms with van der Waals surface area (Å²) >= 11 is 0. The molecule has 2 aromatic carbocycles. The van der Waals surface area contributed by atoms with Gasteiger partial charge in [-0.2, -0.15) is 0 Å². The first-order valence-corrected chi connectivity index (χ1v) is 12.0. The Morgan fingerprint density at radius 3 is 2.59 bits per heavy atom. The first kappa shape index (κ1) is 21.8. The van der Waals surface area contributed by atoms with Crippen LogP contribution < -0.4 is 14.4 Å². The number of carbonyl (C=O) groups excluding carboxylic acids is 1. The van der Waals surface area contributed by atoms with Crippen LogP contribution in [0.3, 0.4) is 0 Å². The van der Waals surface area contributed by atoms with Crippen molar-refractivity contribution in [3.8, 4) is 5.75 Å². The third-order valence-electron chi connectivity index (χ3n) is 5.12. The minimum atomic E-state index is -3.79. The molecule has 2 heterocycles. The van der Waals surface area contributed by atoms with Gasteiger partial charge in [-0.05, 0) is 80.8 Å². The van der Waals surface area contributed by atoms with Gasteiger partial charge in [-0.15, -0.1) is 0 Å². The molecule has 166 valence electrons. The van der Waals surface area contributed by atoms with E-state index in [-0.39, 0.29) is 16.9 Å². The lowest BCUT2D eigenvalue weighted by Crippen LogP contribution is -2.35. The lowest BCUT2D eigenvalue weighted by Gasteiger charge is -2.30. The van der Waals surface area contributed by atoms with Crippen molar-refractivity contribution in [2.75, 3.05) is 16.2 Å². The number of fused-ring (bicyclic) bond motifs is 1. The van der Waals surface area contributed by atoms with Gasteiger partial charge in [0.05, 0.1) is 22.3 Å². The molecule has 0 atom stereocenters. The molecule has 0 unspecified atom stereocenters. The van der Waals surface area contributed by atoms with Crippen molar-refractivity contribution in [1.82, 2.24) is 4.98 Å². The van der Waals surface area contributed by atoms with Crippen LogP contribution in [0.2, 0.25) is 0 Å². The van der Waals surface area contributed by atoms with Crippen LogP contribution in [0.5, 0.6) is 5.75 Å². The van der Waals surface area contributed by atoms with E-state index in [0.29, 0.717) is 29.2 Å². The Morgan fingerprint density at radius 2 is 1.91 bits per heavy atom. The number of aryl methyl sites for hydroxylation is 1. The summed E-state index contributed by atoms with van der Waals surface area (Å²) < 4.78 is 34.0. The summed E-state index contributed by atoms with van der Waals surface area (Å²) in [6.07, 6.45) is 4.83. The first-order valence-electron chi connectivity index (χ1n) is 10.5. The molecule has 1 aliphatic heterocycles. The molecule has 0 saturated carbocycles. The van der Waals surface area contributed by atoms with E-state index < -0.39 is 10.0 Å². The van der Waals surface area contributed by atoms with Crippen LogP contribution in [-0.2, 0) is 16.4 Å². The molecule has 1 N–H and O–H groups in total. The van der Waals surface area contributed by atoms with Crippen molar-refractivity contribution in [1.29, 1.82) is 0 Å². The smallest absolute Gasteiger partial charge is 0.261 e. The average Bonchev–Trinajstić information content (AvgIpc) is 2.78. The largest absolute Gasteiger partial charge is 0.491 e. The normalized spacial score (nSPS) is 13.5. The van der Waals surface area contributed by atoms with Gasteiger partial charge in [0.2, 0.25) is 0 Å². The van der Waals surface area contributed by atoms with Gasteiger partial charge in [-0.25, -0.2) is 8.42 Å². The van der Waals surface area contributed by atoms with E-state index in [1.54, 1.807) is 47.5 Å². The molecule has 0 spiro atoms. The first-order chi connectivity index (χ1) is 15.3. The number of hydrogen-bond donors (Lipinski definition) is 1. The van der Waals surface area contributed by atoms with Crippen LogP contribution in [0.25, 0.3) is 0 Å². The maximum atomic E-state index is 13.0. The van der Waals surface area contributed by atoms with Gasteiger partial charge in [0.1, 0.15) is 5.75 Å². The summed E-state index contributed by atoms with van der Waals surface area (Å²) in [7, 11) is -3.79. The monoisotopic (exact) mass is 451 g/mol. The number of rotatable bonds is 6.